The number of nitrogens with zero attached hydrogens (tertiary/aromatic N) is 2. The fourth-order valence-electron chi connectivity index (χ4n) is 2.10. The van der Waals surface area contributed by atoms with E-state index in [1.807, 2.05) is 6.07 Å². The van der Waals surface area contributed by atoms with Crippen LogP contribution in [0.25, 0.3) is 0 Å². The number of rotatable bonds is 5. The fraction of sp³-hybridized carbons (Fsp3) is 0.333. The standard InChI is InChI=1S/C15H16F3N3O2/c1-21-11(8-12(20-21)15(16,17)18)9-19-14(22)13(23-2)10-6-4-3-5-7-10/h3-8,13H,9H2,1-2H3,(H,19,22). The number of aromatic nitrogens is 2. The molecule has 0 fully saturated rings. The summed E-state index contributed by atoms with van der Waals surface area (Å²) < 4.78 is 44.1. The van der Waals surface area contributed by atoms with Crippen LogP contribution in [0.2, 0.25) is 0 Å². The Hall–Kier alpha value is -2.35. The number of methoxy groups -OCH3 is 1. The van der Waals surface area contributed by atoms with E-state index in [2.05, 4.69) is 10.4 Å². The number of benzene rings is 1. The van der Waals surface area contributed by atoms with Gasteiger partial charge in [0.15, 0.2) is 11.8 Å². The Morgan fingerprint density at radius 2 is 2.00 bits per heavy atom. The minimum atomic E-state index is -4.51. The second kappa shape index (κ2) is 6.82. The van der Waals surface area contributed by atoms with E-state index in [1.165, 1.54) is 14.2 Å². The van der Waals surface area contributed by atoms with Crippen molar-refractivity contribution in [1.29, 1.82) is 0 Å². The molecule has 0 aliphatic carbocycles. The molecule has 1 heterocycles. The molecule has 8 heteroatoms. The van der Waals surface area contributed by atoms with Crippen LogP contribution in [-0.4, -0.2) is 22.8 Å². The Morgan fingerprint density at radius 1 is 1.35 bits per heavy atom. The molecule has 5 nitrogen and oxygen atoms in total. The first kappa shape index (κ1) is 17.0. The lowest BCUT2D eigenvalue weighted by molar-refractivity contribution is -0.141. The van der Waals surface area contributed by atoms with Crippen molar-refractivity contribution in [3.05, 3.63) is 53.3 Å². The molecule has 2 rings (SSSR count). The number of ether oxygens (including phenoxy) is 1. The zero-order valence-corrected chi connectivity index (χ0v) is 12.6. The fourth-order valence-corrected chi connectivity index (χ4v) is 2.10. The highest BCUT2D eigenvalue weighted by Crippen LogP contribution is 2.28. The van der Waals surface area contributed by atoms with Crippen molar-refractivity contribution < 1.29 is 22.7 Å². The maximum Gasteiger partial charge on any atom is 0.435 e. The number of nitrogens with one attached hydrogen (secondary N) is 1. The normalized spacial score (nSPS) is 12.9. The molecule has 1 atom stereocenters. The molecule has 0 bridgehead atoms. The van der Waals surface area contributed by atoms with Crippen LogP contribution in [0.5, 0.6) is 0 Å². The van der Waals surface area contributed by atoms with Crippen molar-refractivity contribution in [3.8, 4) is 0 Å². The first-order valence-corrected chi connectivity index (χ1v) is 6.78. The molecular weight excluding hydrogens is 311 g/mol. The third-order valence-electron chi connectivity index (χ3n) is 3.29. The van der Waals surface area contributed by atoms with E-state index in [-0.39, 0.29) is 12.2 Å². The second-order valence-electron chi connectivity index (χ2n) is 4.89. The van der Waals surface area contributed by atoms with Crippen molar-refractivity contribution in [3.63, 3.8) is 0 Å². The van der Waals surface area contributed by atoms with Crippen LogP contribution in [-0.2, 0) is 29.3 Å². The second-order valence-corrected chi connectivity index (χ2v) is 4.89. The summed E-state index contributed by atoms with van der Waals surface area (Å²) in [5.41, 5.74) is -0.0855. The first-order chi connectivity index (χ1) is 10.8. The maximum absolute atomic E-state index is 12.6. The average molecular weight is 327 g/mol. The zero-order chi connectivity index (χ0) is 17.0. The molecule has 1 aromatic heterocycles. The molecule has 2 aromatic rings. The van der Waals surface area contributed by atoms with Gasteiger partial charge in [-0.3, -0.25) is 9.48 Å². The van der Waals surface area contributed by atoms with Gasteiger partial charge in [-0.1, -0.05) is 30.3 Å². The van der Waals surface area contributed by atoms with E-state index in [0.29, 0.717) is 5.56 Å². The van der Waals surface area contributed by atoms with Gasteiger partial charge in [0.1, 0.15) is 0 Å². The van der Waals surface area contributed by atoms with Gasteiger partial charge in [0.2, 0.25) is 0 Å². The number of amides is 1. The van der Waals surface area contributed by atoms with E-state index in [9.17, 15) is 18.0 Å². The Kier molecular flexibility index (Phi) is 5.05. The highest BCUT2D eigenvalue weighted by Gasteiger charge is 2.34. The van der Waals surface area contributed by atoms with E-state index < -0.39 is 23.9 Å². The number of alkyl halides is 3. The summed E-state index contributed by atoms with van der Waals surface area (Å²) in [6.07, 6.45) is -5.34. The van der Waals surface area contributed by atoms with Crippen LogP contribution in [0, 0.1) is 0 Å². The minimum Gasteiger partial charge on any atom is -0.367 e. The molecule has 23 heavy (non-hydrogen) atoms. The Bertz CT molecular complexity index is 668. The summed E-state index contributed by atoms with van der Waals surface area (Å²) >= 11 is 0. The smallest absolute Gasteiger partial charge is 0.367 e. The summed E-state index contributed by atoms with van der Waals surface area (Å²) in [7, 11) is 2.78. The molecule has 0 aliphatic heterocycles. The Balaban J connectivity index is 2.05. The Labute approximate surface area is 131 Å². The summed E-state index contributed by atoms with van der Waals surface area (Å²) in [6.45, 7) is -0.0783. The van der Waals surface area contributed by atoms with E-state index in [1.54, 1.807) is 24.3 Å². The molecule has 0 radical (unpaired) electrons. The van der Waals surface area contributed by atoms with Crippen LogP contribution in [0.4, 0.5) is 13.2 Å². The molecule has 0 saturated heterocycles. The summed E-state index contributed by atoms with van der Waals surface area (Å²) in [4.78, 5) is 12.2. The predicted molar refractivity (Wildman–Crippen MR) is 76.2 cm³/mol. The molecule has 1 N–H and O–H groups in total. The zero-order valence-electron chi connectivity index (χ0n) is 12.6. The van der Waals surface area contributed by atoms with Gasteiger partial charge in [-0.05, 0) is 11.6 Å². The molecule has 124 valence electrons. The van der Waals surface area contributed by atoms with Crippen molar-refractivity contribution in [2.75, 3.05) is 7.11 Å². The lowest BCUT2D eigenvalue weighted by Crippen LogP contribution is -2.30. The van der Waals surface area contributed by atoms with Crippen molar-refractivity contribution >= 4 is 5.91 Å². The molecule has 1 unspecified atom stereocenters. The van der Waals surface area contributed by atoms with Gasteiger partial charge >= 0.3 is 6.18 Å². The number of halogens is 3. The van der Waals surface area contributed by atoms with Crippen LogP contribution in [0.1, 0.15) is 23.1 Å². The number of carbonyl (C=O) groups excluding carboxylic acids is 1. The van der Waals surface area contributed by atoms with Gasteiger partial charge in [0.25, 0.3) is 5.91 Å². The summed E-state index contributed by atoms with van der Waals surface area (Å²) in [5, 5.41) is 5.95. The third-order valence-corrected chi connectivity index (χ3v) is 3.29. The van der Waals surface area contributed by atoms with Crippen LogP contribution >= 0.6 is 0 Å². The van der Waals surface area contributed by atoms with E-state index in [4.69, 9.17) is 4.74 Å². The maximum atomic E-state index is 12.6. The van der Waals surface area contributed by atoms with Crippen LogP contribution < -0.4 is 5.32 Å². The SMILES string of the molecule is COC(C(=O)NCc1cc(C(F)(F)F)nn1C)c1ccccc1. The highest BCUT2D eigenvalue weighted by molar-refractivity contribution is 5.82. The average Bonchev–Trinajstić information content (AvgIpc) is 2.88. The molecule has 0 spiro atoms. The number of hydrogen-bond donors (Lipinski definition) is 1. The summed E-state index contributed by atoms with van der Waals surface area (Å²) in [5.74, 6) is -0.437. The summed E-state index contributed by atoms with van der Waals surface area (Å²) in [6, 6.07) is 9.73. The lowest BCUT2D eigenvalue weighted by atomic mass is 10.1. The van der Waals surface area contributed by atoms with E-state index >= 15 is 0 Å². The number of carbonyl (C=O) groups is 1. The van der Waals surface area contributed by atoms with Crippen LogP contribution in [0.15, 0.2) is 36.4 Å². The largest absolute Gasteiger partial charge is 0.435 e. The molecule has 1 amide bonds. The predicted octanol–water partition coefficient (Wildman–Crippen LogP) is 2.44. The van der Waals surface area contributed by atoms with Gasteiger partial charge in [-0.15, -0.1) is 0 Å². The molecular formula is C15H16F3N3O2. The Morgan fingerprint density at radius 3 is 2.52 bits per heavy atom. The molecule has 1 aromatic carbocycles. The molecule has 0 saturated carbocycles. The van der Waals surface area contributed by atoms with Gasteiger partial charge in [-0.25, -0.2) is 0 Å². The van der Waals surface area contributed by atoms with Crippen molar-refractivity contribution in [2.45, 2.75) is 18.8 Å². The first-order valence-electron chi connectivity index (χ1n) is 6.78. The van der Waals surface area contributed by atoms with Gasteiger partial charge in [0.05, 0.1) is 12.2 Å². The van der Waals surface area contributed by atoms with Gasteiger partial charge < -0.3 is 10.1 Å². The quantitative estimate of drug-likeness (QED) is 0.918. The van der Waals surface area contributed by atoms with Crippen LogP contribution in [0.3, 0.4) is 0 Å². The van der Waals surface area contributed by atoms with E-state index in [0.717, 1.165) is 10.7 Å². The molecule has 0 aliphatic rings. The van der Waals surface area contributed by atoms with Crippen molar-refractivity contribution in [2.24, 2.45) is 7.05 Å². The minimum absolute atomic E-state index is 0.0783. The highest BCUT2D eigenvalue weighted by atomic mass is 19.4. The topological polar surface area (TPSA) is 56.1 Å². The lowest BCUT2D eigenvalue weighted by Gasteiger charge is -2.15. The van der Waals surface area contributed by atoms with Gasteiger partial charge in [0, 0.05) is 14.2 Å². The monoisotopic (exact) mass is 327 g/mol. The number of hydrogen-bond acceptors (Lipinski definition) is 3. The van der Waals surface area contributed by atoms with Crippen molar-refractivity contribution in [1.82, 2.24) is 15.1 Å². The number of aryl methyl sites for hydroxylation is 1. The third kappa shape index (κ3) is 4.10. The van der Waals surface area contributed by atoms with Gasteiger partial charge in [-0.2, -0.15) is 18.3 Å².